The summed E-state index contributed by atoms with van der Waals surface area (Å²) in [4.78, 5) is 29.2. The first-order valence-electron chi connectivity index (χ1n) is 12.7. The van der Waals surface area contributed by atoms with E-state index in [1.165, 1.54) is 18.2 Å². The molecule has 1 N–H and O–H groups in total. The predicted octanol–water partition coefficient (Wildman–Crippen LogP) is 4.29. The summed E-state index contributed by atoms with van der Waals surface area (Å²) in [5.74, 6) is -0.264. The fraction of sp³-hybridized carbons (Fsp3) is 0.310. The van der Waals surface area contributed by atoms with Crippen LogP contribution in [0.3, 0.4) is 0 Å². The molecule has 0 saturated carbocycles. The van der Waals surface area contributed by atoms with Crippen molar-refractivity contribution in [3.05, 3.63) is 86.4 Å². The van der Waals surface area contributed by atoms with E-state index in [2.05, 4.69) is 4.90 Å². The molecule has 6 rings (SSSR count). The molecule has 2 aromatic carbocycles. The summed E-state index contributed by atoms with van der Waals surface area (Å²) in [7, 11) is 0. The van der Waals surface area contributed by atoms with Crippen LogP contribution >= 0.6 is 11.8 Å². The summed E-state index contributed by atoms with van der Waals surface area (Å²) in [5, 5.41) is 11.0. The minimum absolute atomic E-state index is 0.000193. The fourth-order valence-electron chi connectivity index (χ4n) is 5.24. The van der Waals surface area contributed by atoms with Crippen LogP contribution in [0.4, 0.5) is 4.39 Å². The van der Waals surface area contributed by atoms with Crippen molar-refractivity contribution in [1.29, 1.82) is 0 Å². The molecular formula is C29H27FN2O6S. The monoisotopic (exact) mass is 550 g/mol. The van der Waals surface area contributed by atoms with E-state index in [9.17, 15) is 19.1 Å². The van der Waals surface area contributed by atoms with Gasteiger partial charge in [0, 0.05) is 41.7 Å². The Labute approximate surface area is 227 Å². The quantitative estimate of drug-likeness (QED) is 0.380. The second-order valence-electron chi connectivity index (χ2n) is 10.1. The summed E-state index contributed by atoms with van der Waals surface area (Å²) in [6.45, 7) is 8.53. The third kappa shape index (κ3) is 4.52. The molecule has 0 bridgehead atoms. The molecule has 2 aliphatic heterocycles. The molecule has 4 aromatic rings. The molecule has 1 saturated heterocycles. The Kier molecular flexibility index (Phi) is 6.49. The van der Waals surface area contributed by atoms with Gasteiger partial charge in [-0.1, -0.05) is 31.7 Å². The first-order valence-corrected chi connectivity index (χ1v) is 13.5. The molecule has 0 amide bonds. The van der Waals surface area contributed by atoms with Crippen LogP contribution in [0.2, 0.25) is 0 Å². The average molecular weight is 551 g/mol. The van der Waals surface area contributed by atoms with Gasteiger partial charge in [-0.25, -0.2) is 9.18 Å². The summed E-state index contributed by atoms with van der Waals surface area (Å²) in [5.41, 5.74) is 0.284. The highest BCUT2D eigenvalue weighted by molar-refractivity contribution is 7.99. The SMILES string of the molecule is CC1(C)c2cc(OCCN3CCOCC3)ccc2-n2c1cc1oc(=O)c(Sc3cccc(F)c3)c(O)c1c2=O. The fourth-order valence-corrected chi connectivity index (χ4v) is 6.11. The number of pyridine rings is 1. The number of fused-ring (bicyclic) bond motifs is 4. The van der Waals surface area contributed by atoms with Crippen LogP contribution in [0.15, 0.2) is 72.3 Å². The van der Waals surface area contributed by atoms with Gasteiger partial charge in [-0.2, -0.15) is 0 Å². The van der Waals surface area contributed by atoms with Crippen LogP contribution in [0.1, 0.15) is 25.1 Å². The van der Waals surface area contributed by atoms with Crippen LogP contribution in [-0.4, -0.2) is 54.0 Å². The summed E-state index contributed by atoms with van der Waals surface area (Å²) >= 11 is 0.846. The highest BCUT2D eigenvalue weighted by Gasteiger charge is 2.38. The van der Waals surface area contributed by atoms with Gasteiger partial charge in [0.05, 0.1) is 18.9 Å². The maximum absolute atomic E-state index is 13.8. The zero-order valence-corrected chi connectivity index (χ0v) is 22.3. The molecule has 0 radical (unpaired) electrons. The molecule has 0 aliphatic carbocycles. The van der Waals surface area contributed by atoms with Crippen molar-refractivity contribution in [2.24, 2.45) is 0 Å². The van der Waals surface area contributed by atoms with Crippen LogP contribution in [-0.2, 0) is 10.2 Å². The molecule has 8 nitrogen and oxygen atoms in total. The number of benzene rings is 2. The van der Waals surface area contributed by atoms with Crippen LogP contribution in [0.5, 0.6) is 11.5 Å². The third-order valence-corrected chi connectivity index (χ3v) is 8.38. The van der Waals surface area contributed by atoms with E-state index in [1.54, 1.807) is 16.7 Å². The van der Waals surface area contributed by atoms with Gasteiger partial charge >= 0.3 is 5.63 Å². The van der Waals surface area contributed by atoms with Gasteiger partial charge in [0.2, 0.25) is 0 Å². The Morgan fingerprint density at radius 1 is 1.10 bits per heavy atom. The molecule has 39 heavy (non-hydrogen) atoms. The number of hydrogen-bond acceptors (Lipinski definition) is 8. The lowest BCUT2D eigenvalue weighted by molar-refractivity contribution is 0.0322. The minimum Gasteiger partial charge on any atom is -0.505 e. The number of aromatic hydroxyl groups is 1. The van der Waals surface area contributed by atoms with E-state index >= 15 is 0 Å². The van der Waals surface area contributed by atoms with Crippen molar-refractivity contribution < 1.29 is 23.4 Å². The molecule has 0 spiro atoms. The molecule has 0 unspecified atom stereocenters. The largest absolute Gasteiger partial charge is 0.505 e. The van der Waals surface area contributed by atoms with Gasteiger partial charge in [0.25, 0.3) is 5.56 Å². The highest BCUT2D eigenvalue weighted by atomic mass is 32.2. The number of rotatable bonds is 6. The minimum atomic E-state index is -0.803. The van der Waals surface area contributed by atoms with Crippen molar-refractivity contribution in [2.75, 3.05) is 39.5 Å². The number of hydrogen-bond donors (Lipinski definition) is 1. The van der Waals surface area contributed by atoms with Gasteiger partial charge in [-0.15, -0.1) is 0 Å². The summed E-state index contributed by atoms with van der Waals surface area (Å²) in [6, 6.07) is 12.9. The van der Waals surface area contributed by atoms with Crippen molar-refractivity contribution in [2.45, 2.75) is 29.1 Å². The Morgan fingerprint density at radius 3 is 2.67 bits per heavy atom. The van der Waals surface area contributed by atoms with Gasteiger partial charge < -0.3 is 19.0 Å². The zero-order valence-electron chi connectivity index (χ0n) is 21.5. The van der Waals surface area contributed by atoms with Crippen LogP contribution in [0, 0.1) is 5.82 Å². The number of ether oxygens (including phenoxy) is 2. The third-order valence-electron chi connectivity index (χ3n) is 7.33. The van der Waals surface area contributed by atoms with E-state index in [-0.39, 0.29) is 15.9 Å². The highest BCUT2D eigenvalue weighted by Crippen LogP contribution is 2.45. The second-order valence-corrected chi connectivity index (χ2v) is 11.2. The van der Waals surface area contributed by atoms with Crippen molar-refractivity contribution in [3.8, 4) is 17.2 Å². The Balaban J connectivity index is 1.38. The Bertz CT molecular complexity index is 1710. The molecule has 202 valence electrons. The normalized spacial score (nSPS) is 16.3. The van der Waals surface area contributed by atoms with Crippen LogP contribution < -0.4 is 15.9 Å². The predicted molar refractivity (Wildman–Crippen MR) is 145 cm³/mol. The van der Waals surface area contributed by atoms with Gasteiger partial charge in [0.15, 0.2) is 5.75 Å². The Morgan fingerprint density at radius 2 is 1.90 bits per heavy atom. The number of morpholine rings is 1. The van der Waals surface area contributed by atoms with Crippen molar-refractivity contribution >= 4 is 22.7 Å². The molecule has 0 atom stereocenters. The topological polar surface area (TPSA) is 94.1 Å². The molecule has 10 heteroatoms. The lowest BCUT2D eigenvalue weighted by atomic mass is 9.83. The van der Waals surface area contributed by atoms with E-state index < -0.39 is 28.2 Å². The smallest absolute Gasteiger partial charge is 0.354 e. The van der Waals surface area contributed by atoms with Crippen molar-refractivity contribution in [1.82, 2.24) is 9.47 Å². The lowest BCUT2D eigenvalue weighted by Gasteiger charge is -2.26. The standard InChI is InChI=1S/C29H27FN2O6S/c1-29(2)20-15-18(37-13-10-31-8-11-36-12-9-31)6-7-21(20)32-23(29)16-22-24(27(32)34)25(33)26(28(35)38-22)39-19-5-3-4-17(30)14-19/h3-7,14-16,33H,8-13H2,1-2H3. The molecular weight excluding hydrogens is 523 g/mol. The maximum atomic E-state index is 13.8. The van der Waals surface area contributed by atoms with Crippen molar-refractivity contribution in [3.63, 3.8) is 0 Å². The average Bonchev–Trinajstić information content (AvgIpc) is 3.13. The van der Waals surface area contributed by atoms with E-state index in [1.807, 2.05) is 32.0 Å². The number of halogens is 1. The first-order chi connectivity index (χ1) is 18.7. The summed E-state index contributed by atoms with van der Waals surface area (Å²) in [6.07, 6.45) is 0. The maximum Gasteiger partial charge on any atom is 0.354 e. The van der Waals surface area contributed by atoms with E-state index in [0.29, 0.717) is 28.6 Å². The van der Waals surface area contributed by atoms with Gasteiger partial charge in [-0.05, 0) is 42.0 Å². The van der Waals surface area contributed by atoms with E-state index in [0.717, 1.165) is 50.2 Å². The Hall–Kier alpha value is -3.60. The molecule has 4 heterocycles. The lowest BCUT2D eigenvalue weighted by Crippen LogP contribution is -2.38. The zero-order chi connectivity index (χ0) is 27.3. The number of nitrogens with zero attached hydrogens (tertiary/aromatic N) is 2. The van der Waals surface area contributed by atoms with Gasteiger partial charge in [0.1, 0.15) is 34.0 Å². The molecule has 1 fully saturated rings. The first kappa shape index (κ1) is 25.7. The number of aromatic nitrogens is 1. The van der Waals surface area contributed by atoms with E-state index in [4.69, 9.17) is 13.9 Å². The molecule has 2 aromatic heterocycles. The van der Waals surface area contributed by atoms with Crippen LogP contribution in [0.25, 0.3) is 16.7 Å². The molecule has 2 aliphatic rings. The summed E-state index contributed by atoms with van der Waals surface area (Å²) < 4.78 is 32.2. The second kappa shape index (κ2) is 9.86. The van der Waals surface area contributed by atoms with Gasteiger partial charge in [-0.3, -0.25) is 14.3 Å².